The summed E-state index contributed by atoms with van der Waals surface area (Å²) >= 11 is 1.79. The Bertz CT molecular complexity index is 243. The molecule has 0 aliphatic rings. The number of rotatable bonds is 4. The van der Waals surface area contributed by atoms with E-state index in [2.05, 4.69) is 9.97 Å². The van der Waals surface area contributed by atoms with Crippen LogP contribution in [-0.4, -0.2) is 21.3 Å². The van der Waals surface area contributed by atoms with Crippen molar-refractivity contribution in [1.82, 2.24) is 9.97 Å². The van der Waals surface area contributed by atoms with E-state index in [-0.39, 0.29) is 5.54 Å². The molecule has 0 atom stereocenters. The van der Waals surface area contributed by atoms with Gasteiger partial charge in [0.1, 0.15) is 0 Å². The third-order valence-electron chi connectivity index (χ3n) is 1.34. The standard InChI is InChI=1S/C9H15N3S/c1-9(2,10)7-13-6-8-5-11-3-4-12-8/h3-5H,6-7,10H2,1-2H3. The summed E-state index contributed by atoms with van der Waals surface area (Å²) in [4.78, 5) is 8.17. The number of hydrogen-bond acceptors (Lipinski definition) is 4. The summed E-state index contributed by atoms with van der Waals surface area (Å²) in [6.45, 7) is 4.05. The molecule has 13 heavy (non-hydrogen) atoms. The Labute approximate surface area is 83.2 Å². The van der Waals surface area contributed by atoms with Gasteiger partial charge in [0, 0.05) is 35.6 Å². The molecule has 0 radical (unpaired) electrons. The maximum Gasteiger partial charge on any atom is 0.0685 e. The molecule has 0 unspecified atom stereocenters. The first kappa shape index (κ1) is 10.5. The van der Waals surface area contributed by atoms with Gasteiger partial charge in [-0.25, -0.2) is 0 Å². The number of nitrogens with zero attached hydrogens (tertiary/aromatic N) is 2. The number of nitrogens with two attached hydrogens (primary N) is 1. The van der Waals surface area contributed by atoms with Crippen molar-refractivity contribution in [2.24, 2.45) is 5.73 Å². The fourth-order valence-corrected chi connectivity index (χ4v) is 1.81. The molecule has 1 aromatic heterocycles. The fraction of sp³-hybridized carbons (Fsp3) is 0.556. The predicted octanol–water partition coefficient (Wildman–Crippen LogP) is 1.45. The van der Waals surface area contributed by atoms with Crippen LogP contribution in [0.25, 0.3) is 0 Å². The molecule has 72 valence electrons. The lowest BCUT2D eigenvalue weighted by Crippen LogP contribution is -2.34. The lowest BCUT2D eigenvalue weighted by molar-refractivity contribution is 0.591. The lowest BCUT2D eigenvalue weighted by atomic mass is 10.1. The third kappa shape index (κ3) is 4.85. The average Bonchev–Trinajstić information content (AvgIpc) is 2.04. The molecule has 4 heteroatoms. The van der Waals surface area contributed by atoms with Crippen LogP contribution in [0.2, 0.25) is 0 Å². The molecule has 1 heterocycles. The van der Waals surface area contributed by atoms with E-state index >= 15 is 0 Å². The molecule has 0 aromatic carbocycles. The highest BCUT2D eigenvalue weighted by molar-refractivity contribution is 7.98. The van der Waals surface area contributed by atoms with E-state index in [1.807, 2.05) is 13.8 Å². The number of aromatic nitrogens is 2. The van der Waals surface area contributed by atoms with Crippen molar-refractivity contribution in [3.63, 3.8) is 0 Å². The first-order valence-corrected chi connectivity index (χ1v) is 5.35. The molecule has 0 aliphatic carbocycles. The van der Waals surface area contributed by atoms with Gasteiger partial charge in [0.15, 0.2) is 0 Å². The van der Waals surface area contributed by atoms with Gasteiger partial charge in [0.2, 0.25) is 0 Å². The highest BCUT2D eigenvalue weighted by atomic mass is 32.2. The third-order valence-corrected chi connectivity index (χ3v) is 2.79. The Morgan fingerprint density at radius 1 is 1.46 bits per heavy atom. The molecule has 0 saturated heterocycles. The Hall–Kier alpha value is -0.610. The van der Waals surface area contributed by atoms with Gasteiger partial charge in [-0.05, 0) is 13.8 Å². The summed E-state index contributed by atoms with van der Waals surface area (Å²) in [6, 6.07) is 0. The Morgan fingerprint density at radius 2 is 2.23 bits per heavy atom. The zero-order chi connectivity index (χ0) is 9.73. The van der Waals surface area contributed by atoms with Crippen LogP contribution in [0, 0.1) is 0 Å². The molecule has 3 nitrogen and oxygen atoms in total. The highest BCUT2D eigenvalue weighted by Crippen LogP contribution is 2.13. The molecule has 1 aromatic rings. The normalized spacial score (nSPS) is 11.6. The van der Waals surface area contributed by atoms with Crippen molar-refractivity contribution in [3.8, 4) is 0 Å². The van der Waals surface area contributed by atoms with Gasteiger partial charge in [0.25, 0.3) is 0 Å². The predicted molar refractivity (Wildman–Crippen MR) is 56.5 cm³/mol. The zero-order valence-electron chi connectivity index (χ0n) is 8.03. The second-order valence-electron chi connectivity index (χ2n) is 3.68. The van der Waals surface area contributed by atoms with Crippen molar-refractivity contribution >= 4 is 11.8 Å². The molecule has 0 amide bonds. The van der Waals surface area contributed by atoms with Gasteiger partial charge in [-0.2, -0.15) is 11.8 Å². The van der Waals surface area contributed by atoms with E-state index < -0.39 is 0 Å². The summed E-state index contributed by atoms with van der Waals surface area (Å²) in [5.41, 5.74) is 6.75. The summed E-state index contributed by atoms with van der Waals surface area (Å²) in [5, 5.41) is 0. The zero-order valence-corrected chi connectivity index (χ0v) is 8.84. The van der Waals surface area contributed by atoms with Gasteiger partial charge >= 0.3 is 0 Å². The topological polar surface area (TPSA) is 51.8 Å². The van der Waals surface area contributed by atoms with Crippen LogP contribution in [0.3, 0.4) is 0 Å². The summed E-state index contributed by atoms with van der Waals surface area (Å²) in [5.74, 6) is 1.82. The van der Waals surface area contributed by atoms with Crippen molar-refractivity contribution in [2.75, 3.05) is 5.75 Å². The van der Waals surface area contributed by atoms with E-state index in [0.717, 1.165) is 17.2 Å². The minimum absolute atomic E-state index is 0.104. The first-order valence-electron chi connectivity index (χ1n) is 4.19. The van der Waals surface area contributed by atoms with Crippen LogP contribution < -0.4 is 5.73 Å². The van der Waals surface area contributed by atoms with Crippen LogP contribution in [0.1, 0.15) is 19.5 Å². The van der Waals surface area contributed by atoms with Crippen molar-refractivity contribution in [1.29, 1.82) is 0 Å². The second-order valence-corrected chi connectivity index (χ2v) is 4.66. The number of hydrogen-bond donors (Lipinski definition) is 1. The van der Waals surface area contributed by atoms with E-state index in [9.17, 15) is 0 Å². The lowest BCUT2D eigenvalue weighted by Gasteiger charge is -2.16. The van der Waals surface area contributed by atoms with Crippen molar-refractivity contribution in [2.45, 2.75) is 25.1 Å². The quantitative estimate of drug-likeness (QED) is 0.793. The first-order chi connectivity index (χ1) is 6.08. The maximum atomic E-state index is 5.84. The molecule has 0 aliphatic heterocycles. The summed E-state index contributed by atoms with van der Waals surface area (Å²) in [6.07, 6.45) is 5.18. The maximum absolute atomic E-state index is 5.84. The SMILES string of the molecule is CC(C)(N)CSCc1cnccn1. The van der Waals surface area contributed by atoms with Gasteiger partial charge in [-0.1, -0.05) is 0 Å². The van der Waals surface area contributed by atoms with Gasteiger partial charge in [-0.15, -0.1) is 0 Å². The Balaban J connectivity index is 2.29. The van der Waals surface area contributed by atoms with Crippen LogP contribution in [0.4, 0.5) is 0 Å². The van der Waals surface area contributed by atoms with Gasteiger partial charge in [0.05, 0.1) is 5.69 Å². The van der Waals surface area contributed by atoms with Crippen molar-refractivity contribution in [3.05, 3.63) is 24.3 Å². The van der Waals surface area contributed by atoms with Crippen LogP contribution >= 0.6 is 11.8 Å². The molecule has 0 fully saturated rings. The van der Waals surface area contributed by atoms with Crippen LogP contribution in [0.5, 0.6) is 0 Å². The van der Waals surface area contributed by atoms with E-state index in [1.165, 1.54) is 0 Å². The van der Waals surface area contributed by atoms with Crippen LogP contribution in [-0.2, 0) is 5.75 Å². The van der Waals surface area contributed by atoms with Crippen LogP contribution in [0.15, 0.2) is 18.6 Å². The molecule has 0 bridgehead atoms. The smallest absolute Gasteiger partial charge is 0.0685 e. The minimum atomic E-state index is -0.104. The monoisotopic (exact) mass is 197 g/mol. The Morgan fingerprint density at radius 3 is 2.77 bits per heavy atom. The molecule has 0 saturated carbocycles. The van der Waals surface area contributed by atoms with E-state index in [4.69, 9.17) is 5.73 Å². The van der Waals surface area contributed by atoms with Gasteiger partial charge in [-0.3, -0.25) is 9.97 Å². The summed E-state index contributed by atoms with van der Waals surface area (Å²) in [7, 11) is 0. The van der Waals surface area contributed by atoms with Gasteiger partial charge < -0.3 is 5.73 Å². The molecule has 0 spiro atoms. The Kier molecular flexibility index (Phi) is 3.69. The largest absolute Gasteiger partial charge is 0.325 e. The van der Waals surface area contributed by atoms with Crippen molar-refractivity contribution < 1.29 is 0 Å². The molecule has 1 rings (SSSR count). The summed E-state index contributed by atoms with van der Waals surface area (Å²) < 4.78 is 0. The van der Waals surface area contributed by atoms with E-state index in [1.54, 1.807) is 30.4 Å². The molecular formula is C9H15N3S. The van der Waals surface area contributed by atoms with E-state index in [0.29, 0.717) is 0 Å². The minimum Gasteiger partial charge on any atom is -0.325 e. The molecular weight excluding hydrogens is 182 g/mol. The average molecular weight is 197 g/mol. The second kappa shape index (κ2) is 4.58. The number of thioether (sulfide) groups is 1. The highest BCUT2D eigenvalue weighted by Gasteiger charge is 2.10. The molecule has 2 N–H and O–H groups in total. The fourth-order valence-electron chi connectivity index (χ4n) is 0.823.